The molecule has 19 heavy (non-hydrogen) atoms. The van der Waals surface area contributed by atoms with Crippen LogP contribution in [0.5, 0.6) is 0 Å². The summed E-state index contributed by atoms with van der Waals surface area (Å²) >= 11 is 10.9. The summed E-state index contributed by atoms with van der Waals surface area (Å²) in [6.45, 7) is 4.07. The van der Waals surface area contributed by atoms with Crippen LogP contribution in [0.4, 0.5) is 0 Å². The Kier molecular flexibility index (Phi) is 10.1. The van der Waals surface area contributed by atoms with E-state index in [1.54, 1.807) is 0 Å². The van der Waals surface area contributed by atoms with Gasteiger partial charge in [0.05, 0.1) is 19.4 Å². The first-order chi connectivity index (χ1) is 8.97. The first-order valence-electron chi connectivity index (χ1n) is 6.47. The first-order valence-corrected chi connectivity index (χ1v) is 7.53. The molecule has 112 valence electrons. The van der Waals surface area contributed by atoms with E-state index in [0.717, 1.165) is 6.42 Å². The van der Waals surface area contributed by atoms with Crippen molar-refractivity contribution in [2.45, 2.75) is 51.6 Å². The highest BCUT2D eigenvalue weighted by Crippen LogP contribution is 2.23. The molecule has 4 nitrogen and oxygen atoms in total. The van der Waals surface area contributed by atoms with Crippen LogP contribution in [0.15, 0.2) is 0 Å². The molecule has 0 amide bonds. The molecule has 0 spiro atoms. The van der Waals surface area contributed by atoms with E-state index in [1.807, 2.05) is 13.8 Å². The van der Waals surface area contributed by atoms with Gasteiger partial charge >= 0.3 is 11.9 Å². The SMILES string of the molecule is CCCC(C)(CCOC(=O)CCCl)OC(=O)CCCl. The molecule has 0 aliphatic rings. The molecule has 0 heterocycles. The van der Waals surface area contributed by atoms with E-state index in [0.29, 0.717) is 12.8 Å². The third kappa shape index (κ3) is 9.11. The van der Waals surface area contributed by atoms with Crippen molar-refractivity contribution < 1.29 is 19.1 Å². The van der Waals surface area contributed by atoms with Gasteiger partial charge in [-0.2, -0.15) is 0 Å². The average Bonchev–Trinajstić information content (AvgIpc) is 2.29. The third-order valence-electron chi connectivity index (χ3n) is 2.63. The molecule has 0 aromatic heterocycles. The Balaban J connectivity index is 4.21. The van der Waals surface area contributed by atoms with Gasteiger partial charge in [-0.05, 0) is 13.3 Å². The zero-order valence-corrected chi connectivity index (χ0v) is 13.1. The second-order valence-corrected chi connectivity index (χ2v) is 5.28. The number of carbonyl (C=O) groups is 2. The number of rotatable bonds is 10. The lowest BCUT2D eigenvalue weighted by atomic mass is 9.96. The van der Waals surface area contributed by atoms with Gasteiger partial charge in [-0.15, -0.1) is 23.2 Å². The second kappa shape index (κ2) is 10.3. The maximum Gasteiger partial charge on any atom is 0.307 e. The van der Waals surface area contributed by atoms with Gasteiger partial charge in [0, 0.05) is 18.2 Å². The molecule has 0 saturated heterocycles. The normalized spacial score (nSPS) is 13.7. The summed E-state index contributed by atoms with van der Waals surface area (Å²) in [6, 6.07) is 0. The number of ether oxygens (including phenoxy) is 2. The Morgan fingerprint density at radius 2 is 1.63 bits per heavy atom. The minimum absolute atomic E-state index is 0.187. The molecule has 0 fully saturated rings. The highest BCUT2D eigenvalue weighted by atomic mass is 35.5. The van der Waals surface area contributed by atoms with Crippen molar-refractivity contribution >= 4 is 35.1 Å². The maximum atomic E-state index is 11.5. The summed E-state index contributed by atoms with van der Waals surface area (Å²) in [4.78, 5) is 22.7. The Hall–Kier alpha value is -0.480. The lowest BCUT2D eigenvalue weighted by Gasteiger charge is -2.29. The van der Waals surface area contributed by atoms with Crippen molar-refractivity contribution in [3.63, 3.8) is 0 Å². The van der Waals surface area contributed by atoms with Gasteiger partial charge in [0.2, 0.25) is 0 Å². The lowest BCUT2D eigenvalue weighted by molar-refractivity contribution is -0.161. The molecule has 1 unspecified atom stereocenters. The predicted molar refractivity (Wildman–Crippen MR) is 75.7 cm³/mol. The summed E-state index contributed by atoms with van der Waals surface area (Å²) in [6.07, 6.45) is 2.45. The Morgan fingerprint density at radius 3 is 2.16 bits per heavy atom. The van der Waals surface area contributed by atoms with Crippen molar-refractivity contribution in [3.05, 3.63) is 0 Å². The minimum atomic E-state index is -0.612. The zero-order valence-electron chi connectivity index (χ0n) is 11.5. The van der Waals surface area contributed by atoms with Gasteiger partial charge in [0.25, 0.3) is 0 Å². The fraction of sp³-hybridized carbons (Fsp3) is 0.846. The fourth-order valence-corrected chi connectivity index (χ4v) is 2.00. The van der Waals surface area contributed by atoms with E-state index >= 15 is 0 Å². The van der Waals surface area contributed by atoms with Crippen LogP contribution in [0, 0.1) is 0 Å². The predicted octanol–water partition coefficient (Wildman–Crippen LogP) is 3.28. The van der Waals surface area contributed by atoms with Gasteiger partial charge < -0.3 is 9.47 Å². The number of halogens is 2. The van der Waals surface area contributed by atoms with Crippen molar-refractivity contribution in [2.75, 3.05) is 18.4 Å². The monoisotopic (exact) mass is 312 g/mol. The van der Waals surface area contributed by atoms with E-state index < -0.39 is 5.60 Å². The van der Waals surface area contributed by atoms with Gasteiger partial charge in [0.15, 0.2) is 0 Å². The fourth-order valence-electron chi connectivity index (χ4n) is 1.69. The maximum absolute atomic E-state index is 11.5. The molecule has 0 aromatic rings. The largest absolute Gasteiger partial charge is 0.465 e. The summed E-state index contributed by atoms with van der Waals surface area (Å²) in [5.41, 5.74) is -0.612. The molecule has 0 bridgehead atoms. The van der Waals surface area contributed by atoms with E-state index in [4.69, 9.17) is 32.7 Å². The molecular formula is C13H22Cl2O4. The van der Waals surface area contributed by atoms with Crippen molar-refractivity contribution in [1.82, 2.24) is 0 Å². The smallest absolute Gasteiger partial charge is 0.307 e. The van der Waals surface area contributed by atoms with Crippen LogP contribution in [0.2, 0.25) is 0 Å². The molecule has 0 N–H and O–H groups in total. The Morgan fingerprint density at radius 1 is 1.05 bits per heavy atom. The second-order valence-electron chi connectivity index (χ2n) is 4.52. The topological polar surface area (TPSA) is 52.6 Å². The Labute approximate surface area is 124 Å². The van der Waals surface area contributed by atoms with Gasteiger partial charge in [-0.1, -0.05) is 13.3 Å². The highest BCUT2D eigenvalue weighted by Gasteiger charge is 2.28. The molecule has 0 radical (unpaired) electrons. The molecule has 0 rings (SSSR count). The van der Waals surface area contributed by atoms with Gasteiger partial charge in [-0.25, -0.2) is 0 Å². The van der Waals surface area contributed by atoms with Crippen LogP contribution in [0.1, 0.15) is 46.0 Å². The van der Waals surface area contributed by atoms with Crippen LogP contribution in [-0.4, -0.2) is 35.9 Å². The van der Waals surface area contributed by atoms with E-state index in [9.17, 15) is 9.59 Å². The van der Waals surface area contributed by atoms with E-state index in [2.05, 4.69) is 0 Å². The molecule has 1 atom stereocenters. The number of carbonyl (C=O) groups excluding carboxylic acids is 2. The van der Waals surface area contributed by atoms with Crippen molar-refractivity contribution in [2.24, 2.45) is 0 Å². The first kappa shape index (κ1) is 18.5. The number of hydrogen-bond donors (Lipinski definition) is 0. The van der Waals surface area contributed by atoms with E-state index in [-0.39, 0.29) is 43.1 Å². The van der Waals surface area contributed by atoms with Gasteiger partial charge in [-0.3, -0.25) is 9.59 Å². The third-order valence-corrected chi connectivity index (χ3v) is 3.01. The van der Waals surface area contributed by atoms with E-state index in [1.165, 1.54) is 0 Å². The van der Waals surface area contributed by atoms with Crippen LogP contribution >= 0.6 is 23.2 Å². The summed E-state index contributed by atoms with van der Waals surface area (Å²) in [5.74, 6) is -0.166. The van der Waals surface area contributed by atoms with Gasteiger partial charge in [0.1, 0.15) is 5.60 Å². The zero-order chi connectivity index (χ0) is 14.7. The standard InChI is InChI=1S/C13H22Cl2O4/c1-3-6-13(2,19-12(17)5-9-15)7-10-18-11(16)4-8-14/h3-10H2,1-2H3. The molecule has 0 saturated carbocycles. The van der Waals surface area contributed by atoms with Crippen LogP contribution < -0.4 is 0 Å². The number of esters is 2. The quantitative estimate of drug-likeness (QED) is 0.459. The van der Waals surface area contributed by atoms with Crippen LogP contribution in [0.25, 0.3) is 0 Å². The van der Waals surface area contributed by atoms with Crippen molar-refractivity contribution in [1.29, 1.82) is 0 Å². The van der Waals surface area contributed by atoms with Crippen molar-refractivity contribution in [3.8, 4) is 0 Å². The summed E-state index contributed by atoms with van der Waals surface area (Å²) in [5, 5.41) is 0. The lowest BCUT2D eigenvalue weighted by Crippen LogP contribution is -2.33. The summed E-state index contributed by atoms with van der Waals surface area (Å²) < 4.78 is 10.4. The molecule has 0 aliphatic heterocycles. The van der Waals surface area contributed by atoms with Crippen LogP contribution in [0.3, 0.4) is 0 Å². The minimum Gasteiger partial charge on any atom is -0.465 e. The number of alkyl halides is 2. The highest BCUT2D eigenvalue weighted by molar-refractivity contribution is 6.19. The molecular weight excluding hydrogens is 291 g/mol. The average molecular weight is 313 g/mol. The van der Waals surface area contributed by atoms with Crippen LogP contribution in [-0.2, 0) is 19.1 Å². The summed E-state index contributed by atoms with van der Waals surface area (Å²) in [7, 11) is 0. The molecule has 0 aliphatic carbocycles. The number of hydrogen-bond acceptors (Lipinski definition) is 4. The molecule has 0 aromatic carbocycles. The molecule has 6 heteroatoms. The Bertz CT molecular complexity index is 284.